The summed E-state index contributed by atoms with van der Waals surface area (Å²) in [6, 6.07) is 8.59. The first kappa shape index (κ1) is 14.4. The maximum atomic E-state index is 12.1. The van der Waals surface area contributed by atoms with Gasteiger partial charge in [0, 0.05) is 11.3 Å². The molecule has 6 nitrogen and oxygen atoms in total. The number of nitrogen functional groups attached to an aromatic ring is 1. The van der Waals surface area contributed by atoms with Gasteiger partial charge < -0.3 is 21.3 Å². The summed E-state index contributed by atoms with van der Waals surface area (Å²) in [5.41, 5.74) is 6.78. The van der Waals surface area contributed by atoms with Crippen LogP contribution < -0.4 is 11.1 Å². The number of aryl methyl sites for hydroxylation is 1. The summed E-state index contributed by atoms with van der Waals surface area (Å²) in [6.07, 6.45) is 0. The minimum atomic E-state index is -1.18. The van der Waals surface area contributed by atoms with Gasteiger partial charge in [-0.1, -0.05) is 0 Å². The van der Waals surface area contributed by atoms with E-state index in [1.807, 2.05) is 0 Å². The number of amides is 1. The predicted octanol–water partition coefficient (Wildman–Crippen LogP) is 2.23. The van der Waals surface area contributed by atoms with E-state index in [-0.39, 0.29) is 17.0 Å². The van der Waals surface area contributed by atoms with Crippen LogP contribution in [0.5, 0.6) is 5.75 Å². The molecule has 6 heteroatoms. The summed E-state index contributed by atoms with van der Waals surface area (Å²) < 4.78 is 0. The molecular weight excluding hydrogens is 272 g/mol. The van der Waals surface area contributed by atoms with Gasteiger partial charge in [-0.15, -0.1) is 0 Å². The normalized spacial score (nSPS) is 10.1. The van der Waals surface area contributed by atoms with Crippen molar-refractivity contribution in [3.05, 3.63) is 53.1 Å². The maximum absolute atomic E-state index is 12.1. The molecule has 2 rings (SSSR count). The monoisotopic (exact) mass is 286 g/mol. The molecule has 0 aromatic heterocycles. The van der Waals surface area contributed by atoms with Crippen molar-refractivity contribution < 1.29 is 19.8 Å². The molecule has 0 saturated carbocycles. The van der Waals surface area contributed by atoms with Gasteiger partial charge in [0.15, 0.2) is 0 Å². The Bertz CT molecular complexity index is 726. The number of carboxylic acids is 1. The van der Waals surface area contributed by atoms with E-state index in [4.69, 9.17) is 10.8 Å². The zero-order valence-corrected chi connectivity index (χ0v) is 11.3. The standard InChI is InChI=1S/C15H14N2O4/c1-8-6-9(2-5-13(8)18)14(19)17-12-4-3-10(16)7-11(12)15(20)21/h2-7,18H,16H2,1H3,(H,17,19)(H,20,21). The molecule has 0 bridgehead atoms. The van der Waals surface area contributed by atoms with Gasteiger partial charge in [-0.25, -0.2) is 4.79 Å². The number of aromatic hydroxyl groups is 1. The topological polar surface area (TPSA) is 113 Å². The number of hydrogen-bond donors (Lipinski definition) is 4. The van der Waals surface area contributed by atoms with Gasteiger partial charge in [-0.05, 0) is 48.9 Å². The van der Waals surface area contributed by atoms with Crippen LogP contribution in [-0.2, 0) is 0 Å². The van der Waals surface area contributed by atoms with Gasteiger partial charge in [-0.3, -0.25) is 4.79 Å². The molecule has 0 radical (unpaired) electrons. The first-order valence-corrected chi connectivity index (χ1v) is 6.12. The lowest BCUT2D eigenvalue weighted by Crippen LogP contribution is -2.15. The van der Waals surface area contributed by atoms with E-state index in [2.05, 4.69) is 5.32 Å². The van der Waals surface area contributed by atoms with Crippen molar-refractivity contribution in [2.24, 2.45) is 0 Å². The van der Waals surface area contributed by atoms with Gasteiger partial charge in [0.05, 0.1) is 11.3 Å². The summed E-state index contributed by atoms with van der Waals surface area (Å²) in [5, 5.41) is 21.1. The zero-order chi connectivity index (χ0) is 15.6. The SMILES string of the molecule is Cc1cc(C(=O)Nc2ccc(N)cc2C(=O)O)ccc1O. The van der Waals surface area contributed by atoms with Crippen molar-refractivity contribution in [2.45, 2.75) is 6.92 Å². The highest BCUT2D eigenvalue weighted by Gasteiger charge is 2.14. The number of aromatic carboxylic acids is 1. The number of phenols is 1. The molecule has 0 aliphatic rings. The van der Waals surface area contributed by atoms with Crippen LogP contribution >= 0.6 is 0 Å². The third-order valence-corrected chi connectivity index (χ3v) is 2.98. The Labute approximate surface area is 120 Å². The highest BCUT2D eigenvalue weighted by molar-refractivity contribution is 6.08. The fraction of sp³-hybridized carbons (Fsp3) is 0.0667. The average molecular weight is 286 g/mol. The van der Waals surface area contributed by atoms with Crippen LogP contribution in [0, 0.1) is 6.92 Å². The van der Waals surface area contributed by atoms with Crippen LogP contribution in [0.15, 0.2) is 36.4 Å². The summed E-state index contributed by atoms with van der Waals surface area (Å²) in [5.74, 6) is -1.56. The Morgan fingerprint density at radius 3 is 2.48 bits per heavy atom. The number of rotatable bonds is 3. The van der Waals surface area contributed by atoms with E-state index in [1.165, 1.54) is 36.4 Å². The molecule has 0 fully saturated rings. The molecule has 0 aliphatic heterocycles. The third kappa shape index (κ3) is 3.11. The number of hydrogen-bond acceptors (Lipinski definition) is 4. The fourth-order valence-corrected chi connectivity index (χ4v) is 1.84. The Morgan fingerprint density at radius 1 is 1.14 bits per heavy atom. The molecule has 2 aromatic carbocycles. The van der Waals surface area contributed by atoms with Crippen LogP contribution in [0.4, 0.5) is 11.4 Å². The number of benzene rings is 2. The second kappa shape index (κ2) is 5.54. The van der Waals surface area contributed by atoms with Gasteiger partial charge >= 0.3 is 5.97 Å². The van der Waals surface area contributed by atoms with Gasteiger partial charge in [0.25, 0.3) is 5.91 Å². The van der Waals surface area contributed by atoms with Gasteiger partial charge in [0.1, 0.15) is 5.75 Å². The summed E-state index contributed by atoms with van der Waals surface area (Å²) >= 11 is 0. The van der Waals surface area contributed by atoms with Gasteiger partial charge in [0.2, 0.25) is 0 Å². The quantitative estimate of drug-likeness (QED) is 0.646. The zero-order valence-electron chi connectivity index (χ0n) is 11.3. The second-order valence-electron chi connectivity index (χ2n) is 4.57. The van der Waals surface area contributed by atoms with Crippen LogP contribution in [0.1, 0.15) is 26.3 Å². The Balaban J connectivity index is 2.31. The molecule has 108 valence electrons. The molecule has 5 N–H and O–H groups in total. The summed E-state index contributed by atoms with van der Waals surface area (Å²) in [6.45, 7) is 1.66. The van der Waals surface area contributed by atoms with E-state index in [0.29, 0.717) is 16.8 Å². The number of phenolic OH excluding ortho intramolecular Hbond substituents is 1. The second-order valence-corrected chi connectivity index (χ2v) is 4.57. The molecule has 1 amide bonds. The van der Waals surface area contributed by atoms with Crippen molar-refractivity contribution >= 4 is 23.3 Å². The predicted molar refractivity (Wildman–Crippen MR) is 78.6 cm³/mol. The minimum Gasteiger partial charge on any atom is -0.508 e. The average Bonchev–Trinajstić information content (AvgIpc) is 2.43. The minimum absolute atomic E-state index is 0.0844. The lowest BCUT2D eigenvalue weighted by molar-refractivity contribution is 0.0698. The lowest BCUT2D eigenvalue weighted by Gasteiger charge is -2.10. The largest absolute Gasteiger partial charge is 0.508 e. The Hall–Kier alpha value is -3.02. The van der Waals surface area contributed by atoms with Crippen LogP contribution in [0.25, 0.3) is 0 Å². The van der Waals surface area contributed by atoms with E-state index in [9.17, 15) is 14.7 Å². The van der Waals surface area contributed by atoms with Crippen LogP contribution in [0.2, 0.25) is 0 Å². The number of carboxylic acid groups (broad SMARTS) is 1. The van der Waals surface area contributed by atoms with Crippen molar-refractivity contribution in [1.29, 1.82) is 0 Å². The number of nitrogens with one attached hydrogen (secondary N) is 1. The molecular formula is C15H14N2O4. The molecule has 0 unspecified atom stereocenters. The third-order valence-electron chi connectivity index (χ3n) is 2.98. The molecule has 0 aliphatic carbocycles. The fourth-order valence-electron chi connectivity index (χ4n) is 1.84. The summed E-state index contributed by atoms with van der Waals surface area (Å²) in [4.78, 5) is 23.3. The number of carbonyl (C=O) groups is 2. The van der Waals surface area contributed by atoms with E-state index in [0.717, 1.165) is 0 Å². The number of nitrogens with two attached hydrogens (primary N) is 1. The van der Waals surface area contributed by atoms with E-state index in [1.54, 1.807) is 6.92 Å². The molecule has 0 atom stereocenters. The van der Waals surface area contributed by atoms with Crippen LogP contribution in [0.3, 0.4) is 0 Å². The first-order valence-electron chi connectivity index (χ1n) is 6.12. The van der Waals surface area contributed by atoms with Crippen molar-refractivity contribution in [2.75, 3.05) is 11.1 Å². The molecule has 21 heavy (non-hydrogen) atoms. The maximum Gasteiger partial charge on any atom is 0.337 e. The summed E-state index contributed by atoms with van der Waals surface area (Å²) in [7, 11) is 0. The number of carbonyl (C=O) groups excluding carboxylic acids is 1. The van der Waals surface area contributed by atoms with Crippen molar-refractivity contribution in [3.8, 4) is 5.75 Å². The van der Waals surface area contributed by atoms with Crippen LogP contribution in [-0.4, -0.2) is 22.1 Å². The Morgan fingerprint density at radius 2 is 1.86 bits per heavy atom. The molecule has 0 spiro atoms. The Kier molecular flexibility index (Phi) is 3.80. The molecule has 0 saturated heterocycles. The van der Waals surface area contributed by atoms with Crippen molar-refractivity contribution in [3.63, 3.8) is 0 Å². The highest BCUT2D eigenvalue weighted by atomic mass is 16.4. The number of anilines is 2. The van der Waals surface area contributed by atoms with E-state index < -0.39 is 11.9 Å². The van der Waals surface area contributed by atoms with Gasteiger partial charge in [-0.2, -0.15) is 0 Å². The molecule has 0 heterocycles. The highest BCUT2D eigenvalue weighted by Crippen LogP contribution is 2.21. The molecule has 2 aromatic rings. The van der Waals surface area contributed by atoms with E-state index >= 15 is 0 Å². The smallest absolute Gasteiger partial charge is 0.337 e. The van der Waals surface area contributed by atoms with Crippen molar-refractivity contribution in [1.82, 2.24) is 0 Å². The lowest BCUT2D eigenvalue weighted by atomic mass is 10.1. The first-order chi connectivity index (χ1) is 9.88.